The molecule has 1 rings (SSSR count). The van der Waals surface area contributed by atoms with Gasteiger partial charge >= 0.3 is 0 Å². The molecule has 1 atom stereocenters. The van der Waals surface area contributed by atoms with Crippen molar-refractivity contribution in [3.8, 4) is 0 Å². The highest BCUT2D eigenvalue weighted by molar-refractivity contribution is 5.23. The van der Waals surface area contributed by atoms with Gasteiger partial charge in [-0.2, -0.15) is 0 Å². The van der Waals surface area contributed by atoms with Gasteiger partial charge in [-0.3, -0.25) is 0 Å². The smallest absolute Gasteiger partial charge is 0.0790 e. The largest absolute Gasteiger partial charge is 0.388 e. The molecule has 15 heavy (non-hydrogen) atoms. The lowest BCUT2D eigenvalue weighted by Crippen LogP contribution is -2.00. The first kappa shape index (κ1) is 12.2. The van der Waals surface area contributed by atoms with Gasteiger partial charge in [0.1, 0.15) is 0 Å². The molecule has 0 radical (unpaired) electrons. The quantitative estimate of drug-likeness (QED) is 0.728. The molecule has 0 spiro atoms. The molecule has 0 fully saturated rings. The predicted octanol–water partition coefficient (Wildman–Crippen LogP) is 2.71. The van der Waals surface area contributed by atoms with Gasteiger partial charge in [-0.05, 0) is 30.4 Å². The maximum Gasteiger partial charge on any atom is 0.0790 e. The first-order valence-electron chi connectivity index (χ1n) is 5.53. The van der Waals surface area contributed by atoms with E-state index in [4.69, 9.17) is 4.74 Å². The standard InChI is InChI=1S/C13H20O2/c1-3-11-6-8-12(9-7-11)13(14)5-4-10-15-2/h6-9,13-14H,3-5,10H2,1-2H3. The minimum Gasteiger partial charge on any atom is -0.388 e. The Balaban J connectivity index is 2.46. The number of methoxy groups -OCH3 is 1. The van der Waals surface area contributed by atoms with Crippen molar-refractivity contribution < 1.29 is 9.84 Å². The van der Waals surface area contributed by atoms with E-state index in [0.29, 0.717) is 6.61 Å². The number of rotatable bonds is 6. The lowest BCUT2D eigenvalue weighted by Gasteiger charge is -2.10. The Labute approximate surface area is 91.9 Å². The second-order valence-electron chi connectivity index (χ2n) is 3.75. The van der Waals surface area contributed by atoms with E-state index in [1.807, 2.05) is 12.1 Å². The number of hydrogen-bond acceptors (Lipinski definition) is 2. The van der Waals surface area contributed by atoms with Crippen LogP contribution >= 0.6 is 0 Å². The van der Waals surface area contributed by atoms with Crippen LogP contribution in [0, 0.1) is 0 Å². The maximum atomic E-state index is 9.86. The SMILES string of the molecule is CCc1ccc(C(O)CCCOC)cc1. The number of hydrogen-bond donors (Lipinski definition) is 1. The molecule has 0 heterocycles. The maximum absolute atomic E-state index is 9.86. The molecular formula is C13H20O2. The van der Waals surface area contributed by atoms with Crippen molar-refractivity contribution >= 4 is 0 Å². The van der Waals surface area contributed by atoms with E-state index in [1.54, 1.807) is 7.11 Å². The Hall–Kier alpha value is -0.860. The van der Waals surface area contributed by atoms with Crippen LogP contribution in [0.15, 0.2) is 24.3 Å². The highest BCUT2D eigenvalue weighted by Crippen LogP contribution is 2.18. The van der Waals surface area contributed by atoms with Crippen LogP contribution in [-0.4, -0.2) is 18.8 Å². The van der Waals surface area contributed by atoms with Crippen molar-refractivity contribution in [2.75, 3.05) is 13.7 Å². The first-order chi connectivity index (χ1) is 7.27. The molecule has 84 valence electrons. The molecule has 1 aromatic carbocycles. The molecular weight excluding hydrogens is 188 g/mol. The molecule has 1 aromatic rings. The average molecular weight is 208 g/mol. The first-order valence-corrected chi connectivity index (χ1v) is 5.53. The second-order valence-corrected chi connectivity index (χ2v) is 3.75. The third kappa shape index (κ3) is 4.02. The topological polar surface area (TPSA) is 29.5 Å². The summed E-state index contributed by atoms with van der Waals surface area (Å²) in [5, 5.41) is 9.86. The summed E-state index contributed by atoms with van der Waals surface area (Å²) in [5.41, 5.74) is 2.31. The van der Waals surface area contributed by atoms with Gasteiger partial charge in [0.2, 0.25) is 0 Å². The summed E-state index contributed by atoms with van der Waals surface area (Å²) < 4.78 is 4.95. The molecule has 0 aliphatic rings. The van der Waals surface area contributed by atoms with Crippen LogP contribution in [-0.2, 0) is 11.2 Å². The zero-order chi connectivity index (χ0) is 11.1. The summed E-state index contributed by atoms with van der Waals surface area (Å²) in [6, 6.07) is 8.18. The van der Waals surface area contributed by atoms with Gasteiger partial charge in [0.25, 0.3) is 0 Å². The van der Waals surface area contributed by atoms with Crippen LogP contribution in [0.5, 0.6) is 0 Å². The van der Waals surface area contributed by atoms with Crippen LogP contribution in [0.1, 0.15) is 37.0 Å². The lowest BCUT2D eigenvalue weighted by atomic mass is 10.0. The Morgan fingerprint density at radius 3 is 2.47 bits per heavy atom. The van der Waals surface area contributed by atoms with Crippen molar-refractivity contribution in [2.45, 2.75) is 32.3 Å². The molecule has 1 unspecified atom stereocenters. The highest BCUT2D eigenvalue weighted by Gasteiger charge is 2.06. The third-order valence-corrected chi connectivity index (χ3v) is 2.60. The molecule has 0 saturated heterocycles. The summed E-state index contributed by atoms with van der Waals surface area (Å²) >= 11 is 0. The normalized spacial score (nSPS) is 12.7. The van der Waals surface area contributed by atoms with E-state index >= 15 is 0 Å². The summed E-state index contributed by atoms with van der Waals surface area (Å²) in [6.07, 6.45) is 2.35. The summed E-state index contributed by atoms with van der Waals surface area (Å²) in [7, 11) is 1.68. The van der Waals surface area contributed by atoms with Crippen molar-refractivity contribution in [3.05, 3.63) is 35.4 Å². The van der Waals surface area contributed by atoms with Gasteiger partial charge in [-0.1, -0.05) is 31.2 Å². The van der Waals surface area contributed by atoms with E-state index in [-0.39, 0.29) is 6.10 Å². The fourth-order valence-electron chi connectivity index (χ4n) is 1.56. The zero-order valence-corrected chi connectivity index (χ0v) is 9.57. The monoisotopic (exact) mass is 208 g/mol. The molecule has 0 saturated carbocycles. The van der Waals surface area contributed by atoms with Gasteiger partial charge in [-0.25, -0.2) is 0 Å². The van der Waals surface area contributed by atoms with Gasteiger partial charge in [0.05, 0.1) is 6.10 Å². The predicted molar refractivity (Wildman–Crippen MR) is 61.9 cm³/mol. The Kier molecular flexibility index (Phi) is 5.37. The van der Waals surface area contributed by atoms with Crippen LogP contribution in [0.2, 0.25) is 0 Å². The number of aryl methyl sites for hydroxylation is 1. The van der Waals surface area contributed by atoms with Crippen LogP contribution < -0.4 is 0 Å². The number of aliphatic hydroxyl groups is 1. The number of aliphatic hydroxyl groups excluding tert-OH is 1. The van der Waals surface area contributed by atoms with Crippen molar-refractivity contribution in [2.24, 2.45) is 0 Å². The minimum absolute atomic E-state index is 0.356. The fraction of sp³-hybridized carbons (Fsp3) is 0.538. The highest BCUT2D eigenvalue weighted by atomic mass is 16.5. The van der Waals surface area contributed by atoms with Gasteiger partial charge in [0, 0.05) is 13.7 Å². The van der Waals surface area contributed by atoms with E-state index in [1.165, 1.54) is 5.56 Å². The second kappa shape index (κ2) is 6.59. The molecule has 2 heteroatoms. The Bertz CT molecular complexity index is 266. The van der Waals surface area contributed by atoms with E-state index in [9.17, 15) is 5.11 Å². The molecule has 1 N–H and O–H groups in total. The van der Waals surface area contributed by atoms with Crippen molar-refractivity contribution in [3.63, 3.8) is 0 Å². The fourth-order valence-corrected chi connectivity index (χ4v) is 1.56. The van der Waals surface area contributed by atoms with E-state index in [2.05, 4.69) is 19.1 Å². The molecule has 2 nitrogen and oxygen atoms in total. The molecule has 0 aliphatic carbocycles. The third-order valence-electron chi connectivity index (χ3n) is 2.60. The van der Waals surface area contributed by atoms with Crippen LogP contribution in [0.4, 0.5) is 0 Å². The summed E-state index contributed by atoms with van der Waals surface area (Å²) in [4.78, 5) is 0. The summed E-state index contributed by atoms with van der Waals surface area (Å²) in [6.45, 7) is 2.84. The summed E-state index contributed by atoms with van der Waals surface area (Å²) in [5.74, 6) is 0. The Morgan fingerprint density at radius 2 is 1.93 bits per heavy atom. The van der Waals surface area contributed by atoms with Crippen LogP contribution in [0.3, 0.4) is 0 Å². The zero-order valence-electron chi connectivity index (χ0n) is 9.57. The molecule has 0 aliphatic heterocycles. The molecule has 0 bridgehead atoms. The number of ether oxygens (including phenoxy) is 1. The van der Waals surface area contributed by atoms with E-state index in [0.717, 1.165) is 24.8 Å². The van der Waals surface area contributed by atoms with Gasteiger partial charge in [0.15, 0.2) is 0 Å². The number of benzene rings is 1. The lowest BCUT2D eigenvalue weighted by molar-refractivity contribution is 0.136. The Morgan fingerprint density at radius 1 is 1.27 bits per heavy atom. The van der Waals surface area contributed by atoms with Crippen molar-refractivity contribution in [1.82, 2.24) is 0 Å². The minimum atomic E-state index is -0.356. The van der Waals surface area contributed by atoms with Gasteiger partial charge < -0.3 is 9.84 Å². The van der Waals surface area contributed by atoms with Crippen LogP contribution in [0.25, 0.3) is 0 Å². The molecule has 0 amide bonds. The van der Waals surface area contributed by atoms with E-state index < -0.39 is 0 Å². The average Bonchev–Trinajstić information content (AvgIpc) is 2.29. The van der Waals surface area contributed by atoms with Gasteiger partial charge in [-0.15, -0.1) is 0 Å². The molecule has 0 aromatic heterocycles. The van der Waals surface area contributed by atoms with Crippen molar-refractivity contribution in [1.29, 1.82) is 0 Å².